The maximum Gasteiger partial charge on any atom is 0.268 e. The zero-order valence-corrected chi connectivity index (χ0v) is 10.4. The van der Waals surface area contributed by atoms with E-state index in [4.69, 9.17) is 4.52 Å². The standard InChI is InChI=1S/C13H10N2O2S/c1-8-5-6-18-11(8)13-14-12(15-17-13)9-3-2-4-10(16)7-9/h2-7,16H,1H3. The molecule has 2 heterocycles. The molecule has 0 fully saturated rings. The highest BCUT2D eigenvalue weighted by Crippen LogP contribution is 2.29. The summed E-state index contributed by atoms with van der Waals surface area (Å²) in [5, 5.41) is 15.3. The first-order chi connectivity index (χ1) is 8.74. The Morgan fingerprint density at radius 3 is 2.89 bits per heavy atom. The summed E-state index contributed by atoms with van der Waals surface area (Å²) in [5.41, 5.74) is 1.85. The molecule has 2 aromatic heterocycles. The lowest BCUT2D eigenvalue weighted by Crippen LogP contribution is -1.80. The Balaban J connectivity index is 2.02. The maximum absolute atomic E-state index is 9.43. The van der Waals surface area contributed by atoms with Gasteiger partial charge in [0.2, 0.25) is 5.82 Å². The van der Waals surface area contributed by atoms with Gasteiger partial charge >= 0.3 is 0 Å². The highest BCUT2D eigenvalue weighted by molar-refractivity contribution is 7.13. The van der Waals surface area contributed by atoms with Crippen LogP contribution >= 0.6 is 11.3 Å². The molecule has 90 valence electrons. The van der Waals surface area contributed by atoms with Gasteiger partial charge in [-0.25, -0.2) is 0 Å². The van der Waals surface area contributed by atoms with Gasteiger partial charge in [-0.3, -0.25) is 0 Å². The third-order valence-electron chi connectivity index (χ3n) is 2.59. The largest absolute Gasteiger partial charge is 0.508 e. The number of nitrogens with zero attached hydrogens (tertiary/aromatic N) is 2. The third kappa shape index (κ3) is 1.89. The van der Waals surface area contributed by atoms with Gasteiger partial charge in [0.05, 0.1) is 4.88 Å². The molecule has 3 rings (SSSR count). The van der Waals surface area contributed by atoms with E-state index in [9.17, 15) is 5.11 Å². The van der Waals surface area contributed by atoms with E-state index in [1.807, 2.05) is 24.4 Å². The van der Waals surface area contributed by atoms with Crippen LogP contribution in [0, 0.1) is 6.92 Å². The first-order valence-corrected chi connectivity index (χ1v) is 6.29. The minimum Gasteiger partial charge on any atom is -0.508 e. The Morgan fingerprint density at radius 1 is 1.28 bits per heavy atom. The van der Waals surface area contributed by atoms with E-state index in [1.165, 1.54) is 0 Å². The maximum atomic E-state index is 9.43. The molecular weight excluding hydrogens is 248 g/mol. The monoisotopic (exact) mass is 258 g/mol. The van der Waals surface area contributed by atoms with Crippen molar-refractivity contribution in [2.45, 2.75) is 6.92 Å². The molecule has 0 unspecified atom stereocenters. The second-order valence-electron chi connectivity index (χ2n) is 3.91. The summed E-state index contributed by atoms with van der Waals surface area (Å²) >= 11 is 1.57. The topological polar surface area (TPSA) is 59.2 Å². The second kappa shape index (κ2) is 4.27. The molecule has 0 atom stereocenters. The van der Waals surface area contributed by atoms with E-state index in [0.717, 1.165) is 16.0 Å². The van der Waals surface area contributed by atoms with Crippen molar-refractivity contribution < 1.29 is 9.63 Å². The molecule has 0 saturated heterocycles. The van der Waals surface area contributed by atoms with Crippen LogP contribution in [0.5, 0.6) is 5.75 Å². The molecule has 0 saturated carbocycles. The molecule has 0 aliphatic heterocycles. The number of hydrogen-bond acceptors (Lipinski definition) is 5. The Kier molecular flexibility index (Phi) is 2.60. The number of aromatic hydroxyl groups is 1. The first kappa shape index (κ1) is 11.0. The molecular formula is C13H10N2O2S. The molecule has 0 radical (unpaired) electrons. The fourth-order valence-corrected chi connectivity index (χ4v) is 2.52. The third-order valence-corrected chi connectivity index (χ3v) is 3.59. The van der Waals surface area contributed by atoms with Crippen molar-refractivity contribution in [2.24, 2.45) is 0 Å². The molecule has 0 spiro atoms. The fraction of sp³-hybridized carbons (Fsp3) is 0.0769. The number of benzene rings is 1. The molecule has 1 aromatic carbocycles. The number of phenols is 1. The molecule has 4 nitrogen and oxygen atoms in total. The Labute approximate surface area is 108 Å². The lowest BCUT2D eigenvalue weighted by molar-refractivity contribution is 0.433. The molecule has 0 aliphatic carbocycles. The van der Waals surface area contributed by atoms with Gasteiger partial charge in [-0.05, 0) is 36.1 Å². The zero-order chi connectivity index (χ0) is 12.5. The van der Waals surface area contributed by atoms with Crippen molar-refractivity contribution in [3.8, 4) is 27.9 Å². The number of hydrogen-bond donors (Lipinski definition) is 1. The molecule has 0 aliphatic rings. The van der Waals surface area contributed by atoms with E-state index < -0.39 is 0 Å². The van der Waals surface area contributed by atoms with Crippen LogP contribution in [0.4, 0.5) is 0 Å². The predicted molar refractivity (Wildman–Crippen MR) is 69.4 cm³/mol. The summed E-state index contributed by atoms with van der Waals surface area (Å²) in [5.74, 6) is 1.18. The van der Waals surface area contributed by atoms with Crippen LogP contribution in [-0.4, -0.2) is 15.2 Å². The second-order valence-corrected chi connectivity index (χ2v) is 4.82. The summed E-state index contributed by atoms with van der Waals surface area (Å²) in [6.07, 6.45) is 0. The van der Waals surface area contributed by atoms with E-state index in [1.54, 1.807) is 29.5 Å². The van der Waals surface area contributed by atoms with Crippen molar-refractivity contribution >= 4 is 11.3 Å². The van der Waals surface area contributed by atoms with Gasteiger partial charge in [-0.2, -0.15) is 4.98 Å². The number of rotatable bonds is 2. The predicted octanol–water partition coefficient (Wildman–Crippen LogP) is 3.48. The highest BCUT2D eigenvalue weighted by Gasteiger charge is 2.13. The van der Waals surface area contributed by atoms with Gasteiger partial charge in [0, 0.05) is 5.56 Å². The molecule has 1 N–H and O–H groups in total. The van der Waals surface area contributed by atoms with Crippen molar-refractivity contribution in [2.75, 3.05) is 0 Å². The van der Waals surface area contributed by atoms with Crippen molar-refractivity contribution in [1.82, 2.24) is 10.1 Å². The van der Waals surface area contributed by atoms with E-state index in [-0.39, 0.29) is 5.75 Å². The van der Waals surface area contributed by atoms with Crippen LogP contribution in [0.2, 0.25) is 0 Å². The van der Waals surface area contributed by atoms with Crippen LogP contribution in [0.1, 0.15) is 5.56 Å². The van der Waals surface area contributed by atoms with Gasteiger partial charge in [0.25, 0.3) is 5.89 Å². The average molecular weight is 258 g/mol. The summed E-state index contributed by atoms with van der Waals surface area (Å²) in [7, 11) is 0. The van der Waals surface area contributed by atoms with Crippen molar-refractivity contribution in [1.29, 1.82) is 0 Å². The van der Waals surface area contributed by atoms with Crippen LogP contribution in [0.25, 0.3) is 22.2 Å². The Bertz CT molecular complexity index is 688. The fourth-order valence-electron chi connectivity index (χ4n) is 1.67. The number of aryl methyl sites for hydroxylation is 1. The van der Waals surface area contributed by atoms with E-state index in [0.29, 0.717) is 11.7 Å². The molecule has 0 amide bonds. The Morgan fingerprint density at radius 2 is 2.17 bits per heavy atom. The first-order valence-electron chi connectivity index (χ1n) is 5.41. The van der Waals surface area contributed by atoms with Gasteiger partial charge in [0.15, 0.2) is 0 Å². The summed E-state index contributed by atoms with van der Waals surface area (Å²) in [6, 6.07) is 8.80. The summed E-state index contributed by atoms with van der Waals surface area (Å²) < 4.78 is 5.25. The quantitative estimate of drug-likeness (QED) is 0.764. The minimum absolute atomic E-state index is 0.186. The van der Waals surface area contributed by atoms with Gasteiger partial charge in [-0.1, -0.05) is 17.3 Å². The smallest absolute Gasteiger partial charge is 0.268 e. The van der Waals surface area contributed by atoms with Crippen molar-refractivity contribution in [3.05, 3.63) is 41.3 Å². The van der Waals surface area contributed by atoms with Gasteiger partial charge < -0.3 is 9.63 Å². The van der Waals surface area contributed by atoms with Crippen LogP contribution in [0.3, 0.4) is 0 Å². The average Bonchev–Trinajstić information content (AvgIpc) is 2.97. The lowest BCUT2D eigenvalue weighted by Gasteiger charge is -1.94. The molecule has 18 heavy (non-hydrogen) atoms. The van der Waals surface area contributed by atoms with Crippen LogP contribution in [-0.2, 0) is 0 Å². The number of aromatic nitrogens is 2. The summed E-state index contributed by atoms with van der Waals surface area (Å²) in [6.45, 7) is 2.00. The Hall–Kier alpha value is -2.14. The SMILES string of the molecule is Cc1ccsc1-c1nc(-c2cccc(O)c2)no1. The number of phenolic OH excluding ortho intramolecular Hbond substituents is 1. The van der Waals surface area contributed by atoms with Crippen LogP contribution in [0.15, 0.2) is 40.2 Å². The van der Waals surface area contributed by atoms with Gasteiger partial charge in [0.1, 0.15) is 5.75 Å². The lowest BCUT2D eigenvalue weighted by atomic mass is 10.2. The highest BCUT2D eigenvalue weighted by atomic mass is 32.1. The van der Waals surface area contributed by atoms with Crippen molar-refractivity contribution in [3.63, 3.8) is 0 Å². The normalized spacial score (nSPS) is 10.7. The minimum atomic E-state index is 0.186. The molecule has 0 bridgehead atoms. The van der Waals surface area contributed by atoms with E-state index in [2.05, 4.69) is 10.1 Å². The van der Waals surface area contributed by atoms with Gasteiger partial charge in [-0.15, -0.1) is 11.3 Å². The molecule has 5 heteroatoms. The summed E-state index contributed by atoms with van der Waals surface area (Å²) in [4.78, 5) is 5.33. The van der Waals surface area contributed by atoms with E-state index >= 15 is 0 Å². The molecule has 3 aromatic rings. The zero-order valence-electron chi connectivity index (χ0n) is 9.62. The van der Waals surface area contributed by atoms with Crippen LogP contribution < -0.4 is 0 Å². The number of thiophene rings is 1.